The molecule has 0 saturated carbocycles. The number of aromatic nitrogens is 4. The maximum atomic E-state index is 12.4. The van der Waals surface area contributed by atoms with E-state index in [9.17, 15) is 4.79 Å². The van der Waals surface area contributed by atoms with Crippen LogP contribution in [-0.2, 0) is 17.8 Å². The molecular weight excluding hydrogens is 314 g/mol. The van der Waals surface area contributed by atoms with Crippen LogP contribution in [0.1, 0.15) is 11.1 Å². The molecule has 3 heterocycles. The number of nitrogens with one attached hydrogen (secondary N) is 2. The van der Waals surface area contributed by atoms with Gasteiger partial charge in [-0.2, -0.15) is 0 Å². The Kier molecular flexibility index (Phi) is 4.00. The van der Waals surface area contributed by atoms with E-state index in [1.165, 1.54) is 0 Å². The molecule has 0 fully saturated rings. The second-order valence-corrected chi connectivity index (χ2v) is 5.77. The van der Waals surface area contributed by atoms with Crippen LogP contribution in [0.3, 0.4) is 0 Å². The molecule has 0 spiro atoms. The van der Waals surface area contributed by atoms with Crippen molar-refractivity contribution in [2.24, 2.45) is 0 Å². The first-order chi connectivity index (χ1) is 12.3. The number of rotatable bonds is 5. The fourth-order valence-corrected chi connectivity index (χ4v) is 2.90. The van der Waals surface area contributed by atoms with Crippen LogP contribution in [0.4, 0.5) is 0 Å². The number of pyridine rings is 1. The fourth-order valence-electron chi connectivity index (χ4n) is 2.90. The van der Waals surface area contributed by atoms with Gasteiger partial charge in [0, 0.05) is 36.7 Å². The number of para-hydroxylation sites is 1. The Morgan fingerprint density at radius 3 is 2.92 bits per heavy atom. The summed E-state index contributed by atoms with van der Waals surface area (Å²) in [6, 6.07) is 11.8. The summed E-state index contributed by atoms with van der Waals surface area (Å²) >= 11 is 0. The first kappa shape index (κ1) is 15.1. The van der Waals surface area contributed by atoms with Gasteiger partial charge in [-0.3, -0.25) is 4.79 Å². The van der Waals surface area contributed by atoms with E-state index in [4.69, 9.17) is 0 Å². The van der Waals surface area contributed by atoms with Gasteiger partial charge in [-0.05, 0) is 29.3 Å². The van der Waals surface area contributed by atoms with Gasteiger partial charge in [0.1, 0.15) is 5.65 Å². The molecule has 0 unspecified atom stereocenters. The normalized spacial score (nSPS) is 10.9. The summed E-state index contributed by atoms with van der Waals surface area (Å²) in [6.07, 6.45) is 9.27. The predicted molar refractivity (Wildman–Crippen MR) is 95.2 cm³/mol. The number of fused-ring (bicyclic) bond motifs is 1. The monoisotopic (exact) mass is 331 g/mol. The molecule has 0 aliphatic carbocycles. The predicted octanol–water partition coefficient (Wildman–Crippen LogP) is 2.61. The highest BCUT2D eigenvalue weighted by Gasteiger charge is 2.10. The molecule has 0 aliphatic rings. The summed E-state index contributed by atoms with van der Waals surface area (Å²) in [7, 11) is 0. The molecule has 4 aromatic rings. The van der Waals surface area contributed by atoms with Crippen LogP contribution >= 0.6 is 0 Å². The maximum absolute atomic E-state index is 12.4. The number of imidazole rings is 1. The lowest BCUT2D eigenvalue weighted by atomic mass is 10.1. The molecule has 0 aliphatic heterocycles. The maximum Gasteiger partial charge on any atom is 0.224 e. The van der Waals surface area contributed by atoms with Crippen LogP contribution in [0.2, 0.25) is 0 Å². The van der Waals surface area contributed by atoms with E-state index in [1.807, 2.05) is 53.4 Å². The standard InChI is InChI=1S/C19H17N5O/c25-18(10-15-12-23-19-16(15)5-3-7-21-19)22-11-14-4-1-2-6-17(14)24-9-8-20-13-24/h1-9,12-13H,10-11H2,(H,21,23)(H,22,25). The first-order valence-electron chi connectivity index (χ1n) is 8.05. The summed E-state index contributed by atoms with van der Waals surface area (Å²) in [5, 5.41) is 3.98. The van der Waals surface area contributed by atoms with Crippen molar-refractivity contribution in [2.45, 2.75) is 13.0 Å². The fraction of sp³-hybridized carbons (Fsp3) is 0.105. The number of hydrogen-bond acceptors (Lipinski definition) is 3. The molecule has 6 heteroatoms. The van der Waals surface area contributed by atoms with Gasteiger partial charge >= 0.3 is 0 Å². The van der Waals surface area contributed by atoms with Crippen molar-refractivity contribution < 1.29 is 4.79 Å². The molecular formula is C19H17N5O. The topological polar surface area (TPSA) is 75.6 Å². The highest BCUT2D eigenvalue weighted by molar-refractivity contribution is 5.87. The third-order valence-electron chi connectivity index (χ3n) is 4.14. The molecule has 0 radical (unpaired) electrons. The number of amides is 1. The van der Waals surface area contributed by atoms with Crippen molar-refractivity contribution in [3.8, 4) is 5.69 Å². The zero-order valence-corrected chi connectivity index (χ0v) is 13.5. The number of carbonyl (C=O) groups is 1. The lowest BCUT2D eigenvalue weighted by Crippen LogP contribution is -2.25. The second-order valence-electron chi connectivity index (χ2n) is 5.77. The zero-order chi connectivity index (χ0) is 17.1. The summed E-state index contributed by atoms with van der Waals surface area (Å²) in [5.41, 5.74) is 3.80. The molecule has 1 amide bonds. The summed E-state index contributed by atoms with van der Waals surface area (Å²) in [4.78, 5) is 23.8. The average molecular weight is 331 g/mol. The Morgan fingerprint density at radius 1 is 1.12 bits per heavy atom. The van der Waals surface area contributed by atoms with Gasteiger partial charge in [-0.15, -0.1) is 0 Å². The van der Waals surface area contributed by atoms with Crippen LogP contribution < -0.4 is 5.32 Å². The van der Waals surface area contributed by atoms with Gasteiger partial charge in [-0.1, -0.05) is 18.2 Å². The Labute approximate surface area is 144 Å². The molecule has 0 bridgehead atoms. The Hall–Kier alpha value is -3.41. The van der Waals surface area contributed by atoms with Crippen molar-refractivity contribution in [3.05, 3.63) is 78.6 Å². The zero-order valence-electron chi connectivity index (χ0n) is 13.5. The molecule has 25 heavy (non-hydrogen) atoms. The van der Waals surface area contributed by atoms with Gasteiger partial charge < -0.3 is 14.9 Å². The van der Waals surface area contributed by atoms with E-state index >= 15 is 0 Å². The Balaban J connectivity index is 1.46. The van der Waals surface area contributed by atoms with Crippen molar-refractivity contribution in [1.29, 1.82) is 0 Å². The van der Waals surface area contributed by atoms with Gasteiger partial charge in [0.05, 0.1) is 18.4 Å². The van der Waals surface area contributed by atoms with Crippen molar-refractivity contribution in [2.75, 3.05) is 0 Å². The molecule has 0 saturated heterocycles. The van der Waals surface area contributed by atoms with Crippen molar-refractivity contribution >= 4 is 16.9 Å². The number of hydrogen-bond donors (Lipinski definition) is 2. The Morgan fingerprint density at radius 2 is 2.04 bits per heavy atom. The van der Waals surface area contributed by atoms with E-state index < -0.39 is 0 Å². The number of H-pyrrole nitrogens is 1. The van der Waals surface area contributed by atoms with Crippen molar-refractivity contribution in [1.82, 2.24) is 24.8 Å². The van der Waals surface area contributed by atoms with Gasteiger partial charge in [0.25, 0.3) is 0 Å². The number of carbonyl (C=O) groups excluding carboxylic acids is 1. The SMILES string of the molecule is O=C(Cc1c[nH]c2ncccc12)NCc1ccccc1-n1ccnc1. The number of benzene rings is 1. The van der Waals surface area contributed by atoms with Crippen LogP contribution in [-0.4, -0.2) is 25.4 Å². The lowest BCUT2D eigenvalue weighted by molar-refractivity contribution is -0.120. The smallest absolute Gasteiger partial charge is 0.224 e. The Bertz CT molecular complexity index is 1000. The highest BCUT2D eigenvalue weighted by Crippen LogP contribution is 2.17. The third kappa shape index (κ3) is 3.14. The largest absolute Gasteiger partial charge is 0.352 e. The van der Waals surface area contributed by atoms with E-state index in [1.54, 1.807) is 18.7 Å². The molecule has 3 aromatic heterocycles. The minimum Gasteiger partial charge on any atom is -0.352 e. The minimum absolute atomic E-state index is 0.0230. The quantitative estimate of drug-likeness (QED) is 0.590. The molecule has 124 valence electrons. The highest BCUT2D eigenvalue weighted by atomic mass is 16.1. The first-order valence-corrected chi connectivity index (χ1v) is 8.05. The van der Waals surface area contributed by atoms with Crippen LogP contribution in [0.15, 0.2) is 67.5 Å². The lowest BCUT2D eigenvalue weighted by Gasteiger charge is -2.11. The van der Waals surface area contributed by atoms with Gasteiger partial charge in [0.15, 0.2) is 0 Å². The molecule has 6 nitrogen and oxygen atoms in total. The van der Waals surface area contributed by atoms with Crippen molar-refractivity contribution in [3.63, 3.8) is 0 Å². The summed E-state index contributed by atoms with van der Waals surface area (Å²) < 4.78 is 1.94. The van der Waals surface area contributed by atoms with E-state index in [0.29, 0.717) is 13.0 Å². The molecule has 0 atom stereocenters. The van der Waals surface area contributed by atoms with E-state index in [0.717, 1.165) is 27.8 Å². The third-order valence-corrected chi connectivity index (χ3v) is 4.14. The van der Waals surface area contributed by atoms with Gasteiger partial charge in [-0.25, -0.2) is 9.97 Å². The summed E-state index contributed by atoms with van der Waals surface area (Å²) in [5.74, 6) is -0.0230. The van der Waals surface area contributed by atoms with E-state index in [2.05, 4.69) is 20.3 Å². The molecule has 1 aromatic carbocycles. The van der Waals surface area contributed by atoms with Crippen LogP contribution in [0.25, 0.3) is 16.7 Å². The minimum atomic E-state index is -0.0230. The van der Waals surface area contributed by atoms with Crippen LogP contribution in [0, 0.1) is 0 Å². The number of aromatic amines is 1. The second kappa shape index (κ2) is 6.60. The summed E-state index contributed by atoms with van der Waals surface area (Å²) in [6.45, 7) is 0.466. The van der Waals surface area contributed by atoms with Crippen LogP contribution in [0.5, 0.6) is 0 Å². The molecule has 2 N–H and O–H groups in total. The number of nitrogens with zero attached hydrogens (tertiary/aromatic N) is 3. The van der Waals surface area contributed by atoms with E-state index in [-0.39, 0.29) is 5.91 Å². The van der Waals surface area contributed by atoms with Gasteiger partial charge in [0.2, 0.25) is 5.91 Å². The molecule has 4 rings (SSSR count). The average Bonchev–Trinajstić information content (AvgIpc) is 3.31.